The first kappa shape index (κ1) is 26.2. The van der Waals surface area contributed by atoms with Gasteiger partial charge in [0.1, 0.15) is 6.61 Å². The van der Waals surface area contributed by atoms with Crippen LogP contribution >= 0.6 is 34.8 Å². The van der Waals surface area contributed by atoms with Gasteiger partial charge in [-0.15, -0.1) is 0 Å². The van der Waals surface area contributed by atoms with Gasteiger partial charge in [0, 0.05) is 28.3 Å². The number of Topliss-reactive ketones (excluding diaryl/α,β-unsaturated/α-hetero) is 1. The van der Waals surface area contributed by atoms with Crippen molar-refractivity contribution in [3.8, 4) is 11.5 Å². The number of hydrogen-bond acceptors (Lipinski definition) is 6. The molecule has 0 amide bonds. The molecule has 3 aromatic carbocycles. The quantitative estimate of drug-likeness (QED) is 0.323. The lowest BCUT2D eigenvalue weighted by molar-refractivity contribution is -0.136. The molecule has 1 atom stereocenters. The fourth-order valence-electron chi connectivity index (χ4n) is 4.87. The molecule has 5 rings (SSSR count). The van der Waals surface area contributed by atoms with Gasteiger partial charge in [-0.3, -0.25) is 4.79 Å². The third-order valence-electron chi connectivity index (χ3n) is 6.61. The molecule has 0 saturated carbocycles. The highest BCUT2D eigenvalue weighted by Crippen LogP contribution is 2.49. The third kappa shape index (κ3) is 4.43. The molecule has 1 heterocycles. The highest BCUT2D eigenvalue weighted by molar-refractivity contribution is 6.42. The highest BCUT2D eigenvalue weighted by atomic mass is 35.5. The van der Waals surface area contributed by atoms with Gasteiger partial charge in [-0.25, -0.2) is 4.79 Å². The van der Waals surface area contributed by atoms with Crippen LogP contribution in [0.1, 0.15) is 39.9 Å². The molecule has 0 fully saturated rings. The van der Waals surface area contributed by atoms with Crippen molar-refractivity contribution >= 4 is 52.3 Å². The third-order valence-corrected chi connectivity index (χ3v) is 7.63. The van der Waals surface area contributed by atoms with E-state index >= 15 is 0 Å². The summed E-state index contributed by atoms with van der Waals surface area (Å²) in [5.74, 6) is -0.803. The minimum atomic E-state index is -0.742. The Kier molecular flexibility index (Phi) is 7.14. The summed E-state index contributed by atoms with van der Waals surface area (Å²) in [6.07, 6.45) is 0. The van der Waals surface area contributed by atoms with E-state index < -0.39 is 11.9 Å². The number of rotatable bonds is 6. The normalized spacial score (nSPS) is 16.2. The topological polar surface area (TPSA) is 73.9 Å². The number of methoxy groups -OCH3 is 2. The van der Waals surface area contributed by atoms with Crippen LogP contribution in [0.2, 0.25) is 15.1 Å². The second-order valence-electron chi connectivity index (χ2n) is 8.82. The first-order valence-corrected chi connectivity index (χ1v) is 12.8. The number of hydrogen-bond donors (Lipinski definition) is 1. The number of esters is 1. The molecule has 194 valence electrons. The highest BCUT2D eigenvalue weighted by Gasteiger charge is 2.43. The van der Waals surface area contributed by atoms with E-state index in [0.717, 1.165) is 11.1 Å². The van der Waals surface area contributed by atoms with Gasteiger partial charge in [-0.1, -0.05) is 65.1 Å². The summed E-state index contributed by atoms with van der Waals surface area (Å²) < 4.78 is 16.7. The van der Waals surface area contributed by atoms with E-state index in [1.165, 1.54) is 14.2 Å². The molecule has 1 N–H and O–H groups in total. The average Bonchev–Trinajstić information content (AvgIpc) is 3.19. The van der Waals surface area contributed by atoms with E-state index in [4.69, 9.17) is 49.0 Å². The summed E-state index contributed by atoms with van der Waals surface area (Å²) in [6, 6.07) is 15.9. The van der Waals surface area contributed by atoms with Gasteiger partial charge in [0.2, 0.25) is 0 Å². The van der Waals surface area contributed by atoms with Crippen molar-refractivity contribution in [2.75, 3.05) is 14.2 Å². The average molecular weight is 571 g/mol. The zero-order valence-corrected chi connectivity index (χ0v) is 22.9. The molecule has 0 spiro atoms. The maximum atomic E-state index is 13.6. The Morgan fingerprint density at radius 3 is 2.37 bits per heavy atom. The molecular weight excluding hydrogens is 549 g/mol. The van der Waals surface area contributed by atoms with Gasteiger partial charge >= 0.3 is 5.97 Å². The van der Waals surface area contributed by atoms with Crippen LogP contribution in [0.3, 0.4) is 0 Å². The number of dihydropyridines is 1. The number of carbonyl (C=O) groups excluding carboxylic acids is 2. The lowest BCUT2D eigenvalue weighted by atomic mass is 9.79. The lowest BCUT2D eigenvalue weighted by Gasteiger charge is -2.29. The van der Waals surface area contributed by atoms with E-state index in [0.29, 0.717) is 55.2 Å². The van der Waals surface area contributed by atoms with Gasteiger partial charge in [0.05, 0.1) is 40.6 Å². The summed E-state index contributed by atoms with van der Waals surface area (Å²) in [6.45, 7) is 1.94. The van der Waals surface area contributed by atoms with E-state index in [2.05, 4.69) is 5.32 Å². The van der Waals surface area contributed by atoms with E-state index in [1.54, 1.807) is 43.3 Å². The fourth-order valence-corrected chi connectivity index (χ4v) is 5.47. The molecule has 1 aliphatic heterocycles. The van der Waals surface area contributed by atoms with Crippen LogP contribution < -0.4 is 14.8 Å². The second-order valence-corrected chi connectivity index (χ2v) is 10.0. The molecule has 38 heavy (non-hydrogen) atoms. The summed E-state index contributed by atoms with van der Waals surface area (Å²) in [7, 11) is 2.80. The number of allylic oxidation sites excluding steroid dienone is 2. The van der Waals surface area contributed by atoms with E-state index in [-0.39, 0.29) is 17.4 Å². The van der Waals surface area contributed by atoms with Crippen molar-refractivity contribution in [3.05, 3.63) is 109 Å². The van der Waals surface area contributed by atoms with Crippen LogP contribution in [-0.2, 0) is 16.1 Å². The molecule has 6 nitrogen and oxygen atoms in total. The smallest absolute Gasteiger partial charge is 0.336 e. The Bertz CT molecular complexity index is 1560. The Morgan fingerprint density at radius 2 is 1.68 bits per heavy atom. The number of nitrogens with one attached hydrogen (secondary N) is 1. The van der Waals surface area contributed by atoms with E-state index in [9.17, 15) is 9.59 Å². The van der Waals surface area contributed by atoms with Crippen LogP contribution in [0.5, 0.6) is 11.5 Å². The molecule has 9 heteroatoms. The molecule has 0 unspecified atom stereocenters. The number of benzene rings is 3. The van der Waals surface area contributed by atoms with Crippen molar-refractivity contribution in [3.63, 3.8) is 0 Å². The van der Waals surface area contributed by atoms with Crippen LogP contribution in [0, 0.1) is 0 Å². The van der Waals surface area contributed by atoms with Crippen LogP contribution in [-0.4, -0.2) is 26.0 Å². The zero-order chi connectivity index (χ0) is 27.1. The number of fused-ring (bicyclic) bond motifs is 2. The van der Waals surface area contributed by atoms with E-state index in [1.807, 2.05) is 18.2 Å². The Balaban J connectivity index is 1.59. The predicted molar refractivity (Wildman–Crippen MR) is 147 cm³/mol. The maximum Gasteiger partial charge on any atom is 0.336 e. The van der Waals surface area contributed by atoms with Crippen molar-refractivity contribution in [2.45, 2.75) is 19.4 Å². The number of ketones is 1. The fraction of sp³-hybridized carbons (Fsp3) is 0.172. The van der Waals surface area contributed by atoms with Gasteiger partial charge in [-0.05, 0) is 42.3 Å². The molecule has 0 aromatic heterocycles. The summed E-state index contributed by atoms with van der Waals surface area (Å²) in [5.41, 5.74) is 4.72. The molecule has 1 aliphatic carbocycles. The predicted octanol–water partition coefficient (Wildman–Crippen LogP) is 6.98. The Labute approximate surface area is 234 Å². The SMILES string of the molecule is COC(=O)C1=C(C)NC2=C(C(=O)c3ccccc32)[C@@H]1c1cc(Cl)c(OCc2ccc(Cl)c(Cl)c2)c(OC)c1. The number of ether oxygens (including phenoxy) is 3. The molecule has 0 saturated heterocycles. The van der Waals surface area contributed by atoms with Crippen molar-refractivity contribution in [2.24, 2.45) is 0 Å². The summed E-state index contributed by atoms with van der Waals surface area (Å²) >= 11 is 18.9. The van der Waals surface area contributed by atoms with Gasteiger partial charge < -0.3 is 19.5 Å². The van der Waals surface area contributed by atoms with Crippen molar-refractivity contribution in [1.82, 2.24) is 5.32 Å². The summed E-state index contributed by atoms with van der Waals surface area (Å²) in [4.78, 5) is 26.6. The molecule has 0 radical (unpaired) electrons. The van der Waals surface area contributed by atoms with Crippen molar-refractivity contribution < 1.29 is 23.8 Å². The molecule has 0 bridgehead atoms. The van der Waals surface area contributed by atoms with Gasteiger partial charge in [0.25, 0.3) is 0 Å². The monoisotopic (exact) mass is 569 g/mol. The minimum Gasteiger partial charge on any atom is -0.493 e. The first-order chi connectivity index (χ1) is 18.2. The van der Waals surface area contributed by atoms with Crippen LogP contribution in [0.4, 0.5) is 0 Å². The van der Waals surface area contributed by atoms with Crippen molar-refractivity contribution in [1.29, 1.82) is 0 Å². The second kappa shape index (κ2) is 10.4. The first-order valence-electron chi connectivity index (χ1n) is 11.6. The lowest BCUT2D eigenvalue weighted by Crippen LogP contribution is -2.29. The molecular formula is C29H22Cl3NO5. The van der Waals surface area contributed by atoms with Gasteiger partial charge in [-0.2, -0.15) is 0 Å². The summed E-state index contributed by atoms with van der Waals surface area (Å²) in [5, 5.41) is 4.37. The number of halogens is 3. The Morgan fingerprint density at radius 1 is 0.947 bits per heavy atom. The van der Waals surface area contributed by atoms with Crippen LogP contribution in [0.25, 0.3) is 5.70 Å². The maximum absolute atomic E-state index is 13.6. The molecule has 2 aliphatic rings. The minimum absolute atomic E-state index is 0.162. The standard InChI is InChI=1S/C29H22Cl3NO5/c1-14-23(29(35)37-3)24(25-26(33-14)17-6-4-5-7-18(17)27(25)34)16-11-21(32)28(22(12-16)36-2)38-13-15-8-9-19(30)20(31)10-15/h4-12,24,33H,13H2,1-3H3/t24-/m1/s1. The Hall–Kier alpha value is -3.45. The molecule has 3 aromatic rings. The van der Waals surface area contributed by atoms with Crippen LogP contribution in [0.15, 0.2) is 71.4 Å². The van der Waals surface area contributed by atoms with Gasteiger partial charge in [0.15, 0.2) is 17.3 Å². The largest absolute Gasteiger partial charge is 0.493 e. The zero-order valence-electron chi connectivity index (χ0n) is 20.7. The number of carbonyl (C=O) groups is 2.